The van der Waals surface area contributed by atoms with E-state index in [-0.39, 0.29) is 18.2 Å². The van der Waals surface area contributed by atoms with Crippen LogP contribution in [0.2, 0.25) is 0 Å². The molecule has 1 heterocycles. The van der Waals surface area contributed by atoms with E-state index < -0.39 is 18.2 Å². The van der Waals surface area contributed by atoms with Crippen LogP contribution in [-0.4, -0.2) is 61.0 Å². The predicted molar refractivity (Wildman–Crippen MR) is 174 cm³/mol. The molecule has 9 nitrogen and oxygen atoms in total. The zero-order chi connectivity index (χ0) is 33.1. The fraction of sp³-hybridized carbons (Fsp3) is 0.444. The van der Waals surface area contributed by atoms with Crippen LogP contribution in [0.25, 0.3) is 11.1 Å². The number of carbonyl (C=O) groups excluding carboxylic acids is 2. The Morgan fingerprint density at radius 1 is 1.09 bits per heavy atom. The molecule has 248 valence electrons. The molecule has 2 unspecified atom stereocenters. The monoisotopic (exact) mass is 636 g/mol. The van der Waals surface area contributed by atoms with E-state index in [2.05, 4.69) is 6.92 Å². The molecule has 10 heteroatoms. The first-order chi connectivity index (χ1) is 22.2. The van der Waals surface area contributed by atoms with E-state index in [0.717, 1.165) is 59.4 Å². The van der Waals surface area contributed by atoms with Crippen molar-refractivity contribution in [3.05, 3.63) is 71.0 Å². The Bertz CT molecular complexity index is 1460. The number of amides is 1. The molecule has 0 radical (unpaired) electrons. The highest BCUT2D eigenvalue weighted by molar-refractivity contribution is 5.75. The number of hydrogen-bond acceptors (Lipinski definition) is 8. The number of hydrogen-bond donors (Lipinski definition) is 2. The van der Waals surface area contributed by atoms with E-state index >= 15 is 0 Å². The lowest BCUT2D eigenvalue weighted by molar-refractivity contribution is -0.145. The van der Waals surface area contributed by atoms with E-state index in [1.807, 2.05) is 25.1 Å². The Balaban J connectivity index is 1.34. The fourth-order valence-electron chi connectivity index (χ4n) is 5.46. The molecule has 1 aliphatic heterocycles. The summed E-state index contributed by atoms with van der Waals surface area (Å²) in [5.74, 6) is 1.41. The Labute approximate surface area is 270 Å². The molecule has 0 aliphatic carbocycles. The van der Waals surface area contributed by atoms with E-state index in [0.29, 0.717) is 56.8 Å². The molecule has 0 bridgehead atoms. The van der Waals surface area contributed by atoms with Crippen LogP contribution in [-0.2, 0) is 33.6 Å². The Hall–Kier alpha value is -4.31. The van der Waals surface area contributed by atoms with Crippen LogP contribution in [0, 0.1) is 5.82 Å². The zero-order valence-corrected chi connectivity index (χ0v) is 26.9. The number of rotatable bonds is 17. The van der Waals surface area contributed by atoms with Gasteiger partial charge in [0.2, 0.25) is 6.41 Å². The largest absolute Gasteiger partial charge is 0.507 e. The summed E-state index contributed by atoms with van der Waals surface area (Å²) >= 11 is 0. The lowest BCUT2D eigenvalue weighted by Crippen LogP contribution is -2.42. The number of carbonyl (C=O) groups is 2. The maximum atomic E-state index is 13.4. The van der Waals surface area contributed by atoms with Gasteiger partial charge in [0.05, 0.1) is 19.8 Å². The number of nitrogens with two attached hydrogens (primary N) is 1. The van der Waals surface area contributed by atoms with Crippen LogP contribution in [0.4, 0.5) is 4.39 Å². The van der Waals surface area contributed by atoms with Crippen molar-refractivity contribution >= 4 is 12.4 Å². The number of esters is 1. The van der Waals surface area contributed by atoms with Crippen molar-refractivity contribution in [1.82, 2.24) is 4.90 Å². The van der Waals surface area contributed by atoms with Gasteiger partial charge in [0.15, 0.2) is 6.23 Å². The van der Waals surface area contributed by atoms with Gasteiger partial charge in [0.1, 0.15) is 34.9 Å². The maximum absolute atomic E-state index is 13.4. The Kier molecular flexibility index (Phi) is 12.7. The normalized spacial score (nSPS) is 14.5. The lowest BCUT2D eigenvalue weighted by atomic mass is 9.97. The van der Waals surface area contributed by atoms with Crippen molar-refractivity contribution in [2.45, 2.75) is 78.0 Å². The number of ether oxygens (including phenoxy) is 4. The van der Waals surface area contributed by atoms with Gasteiger partial charge in [0.25, 0.3) is 0 Å². The van der Waals surface area contributed by atoms with Crippen LogP contribution in [0.1, 0.15) is 63.1 Å². The second-order valence-corrected chi connectivity index (χ2v) is 11.4. The van der Waals surface area contributed by atoms with Crippen molar-refractivity contribution in [3.8, 4) is 34.1 Å². The van der Waals surface area contributed by atoms with Gasteiger partial charge in [-0.15, -0.1) is 0 Å². The van der Waals surface area contributed by atoms with Crippen molar-refractivity contribution in [1.29, 1.82) is 0 Å². The van der Waals surface area contributed by atoms with Crippen LogP contribution >= 0.6 is 0 Å². The van der Waals surface area contributed by atoms with Crippen LogP contribution in [0.15, 0.2) is 48.5 Å². The fourth-order valence-corrected chi connectivity index (χ4v) is 5.46. The van der Waals surface area contributed by atoms with Gasteiger partial charge in [-0.25, -0.2) is 4.39 Å². The molecular weight excluding hydrogens is 591 g/mol. The predicted octanol–water partition coefficient (Wildman–Crippen LogP) is 5.95. The van der Waals surface area contributed by atoms with Gasteiger partial charge in [-0.05, 0) is 73.6 Å². The third-order valence-electron chi connectivity index (χ3n) is 7.91. The second-order valence-electron chi connectivity index (χ2n) is 11.4. The van der Waals surface area contributed by atoms with Gasteiger partial charge >= 0.3 is 5.97 Å². The minimum Gasteiger partial charge on any atom is -0.507 e. The minimum atomic E-state index is -0.683. The summed E-state index contributed by atoms with van der Waals surface area (Å²) in [6.07, 6.45) is 5.24. The highest BCUT2D eigenvalue weighted by Crippen LogP contribution is 2.39. The molecule has 0 saturated carbocycles. The van der Waals surface area contributed by atoms with Gasteiger partial charge in [0, 0.05) is 36.6 Å². The maximum Gasteiger partial charge on any atom is 0.322 e. The summed E-state index contributed by atoms with van der Waals surface area (Å²) in [7, 11) is 0. The number of aryl methyl sites for hydroxylation is 2. The molecule has 0 spiro atoms. The summed E-state index contributed by atoms with van der Waals surface area (Å²) in [4.78, 5) is 25.2. The van der Waals surface area contributed by atoms with Gasteiger partial charge in [-0.2, -0.15) is 0 Å². The molecule has 2 atom stereocenters. The Morgan fingerprint density at radius 3 is 2.50 bits per heavy atom. The molecule has 3 N–H and O–H groups in total. The summed E-state index contributed by atoms with van der Waals surface area (Å²) in [6.45, 7) is 7.06. The first-order valence-corrected chi connectivity index (χ1v) is 16.1. The summed E-state index contributed by atoms with van der Waals surface area (Å²) in [5, 5.41) is 10.7. The van der Waals surface area contributed by atoms with E-state index in [9.17, 15) is 19.1 Å². The zero-order valence-electron chi connectivity index (χ0n) is 26.9. The standard InChI is InChI=1S/C36H45FN2O7/c1-4-8-29-32(15-11-27-12-16-34(46-35(27)29)39(23-40)17-6-18-45-36(42)24(3)38)43-19-7-20-44-33-22-31(41)30(21-25(33)5-2)26-9-13-28(37)14-10-26/h9-11,13-15,21-24,34,41H,4-8,12,16-20,38H2,1-3H3. The third kappa shape index (κ3) is 8.90. The molecule has 4 rings (SSSR count). The van der Waals surface area contributed by atoms with Crippen LogP contribution < -0.4 is 19.9 Å². The van der Waals surface area contributed by atoms with Crippen molar-refractivity contribution in [2.24, 2.45) is 5.73 Å². The number of benzene rings is 3. The quantitative estimate of drug-likeness (QED) is 0.106. The van der Waals surface area contributed by atoms with E-state index in [4.69, 9.17) is 24.7 Å². The topological polar surface area (TPSA) is 121 Å². The average Bonchev–Trinajstić information content (AvgIpc) is 3.05. The second kappa shape index (κ2) is 16.8. The summed E-state index contributed by atoms with van der Waals surface area (Å²) in [5.41, 5.74) is 9.91. The highest BCUT2D eigenvalue weighted by Gasteiger charge is 2.28. The van der Waals surface area contributed by atoms with Crippen LogP contribution in [0.3, 0.4) is 0 Å². The van der Waals surface area contributed by atoms with Gasteiger partial charge < -0.3 is 34.7 Å². The molecular formula is C36H45FN2O7. The molecule has 0 saturated heterocycles. The van der Waals surface area contributed by atoms with E-state index in [1.165, 1.54) is 12.1 Å². The molecule has 3 aromatic rings. The van der Waals surface area contributed by atoms with E-state index in [1.54, 1.807) is 30.0 Å². The van der Waals surface area contributed by atoms with Crippen molar-refractivity contribution in [2.75, 3.05) is 26.4 Å². The van der Waals surface area contributed by atoms with Crippen molar-refractivity contribution < 1.29 is 38.0 Å². The lowest BCUT2D eigenvalue weighted by Gasteiger charge is -2.34. The first-order valence-electron chi connectivity index (χ1n) is 16.1. The number of halogens is 1. The molecule has 46 heavy (non-hydrogen) atoms. The molecule has 0 fully saturated rings. The molecule has 0 aromatic heterocycles. The smallest absolute Gasteiger partial charge is 0.322 e. The van der Waals surface area contributed by atoms with Gasteiger partial charge in [-0.3, -0.25) is 9.59 Å². The number of phenolic OH excluding ortho intramolecular Hbond substituents is 1. The number of nitrogens with zero attached hydrogens (tertiary/aromatic N) is 1. The summed E-state index contributed by atoms with van der Waals surface area (Å²) < 4.78 is 37.2. The van der Waals surface area contributed by atoms with Crippen LogP contribution in [0.5, 0.6) is 23.0 Å². The molecule has 1 aliphatic rings. The SMILES string of the molecule is CCCc1c(OCCCOc2cc(O)c(-c3ccc(F)cc3)cc2CC)ccc2c1OC(N(C=O)CCCOC(=O)C(C)N)CC2. The van der Waals surface area contributed by atoms with Gasteiger partial charge in [-0.1, -0.05) is 38.5 Å². The first kappa shape index (κ1) is 34.6. The number of aromatic hydroxyl groups is 1. The minimum absolute atomic E-state index is 0.0736. The Morgan fingerprint density at radius 2 is 1.83 bits per heavy atom. The molecule has 1 amide bonds. The number of phenols is 1. The number of fused-ring (bicyclic) bond motifs is 1. The highest BCUT2D eigenvalue weighted by atomic mass is 19.1. The molecule has 3 aromatic carbocycles. The third-order valence-corrected chi connectivity index (χ3v) is 7.91. The summed E-state index contributed by atoms with van der Waals surface area (Å²) in [6, 6.07) is 12.9. The average molecular weight is 637 g/mol. The van der Waals surface area contributed by atoms with Crippen molar-refractivity contribution in [3.63, 3.8) is 0 Å².